The molecule has 134 valence electrons. The Morgan fingerprint density at radius 2 is 2.00 bits per heavy atom. The molecule has 0 amide bonds. The van der Waals surface area contributed by atoms with Gasteiger partial charge in [-0.3, -0.25) is 4.90 Å². The molecular weight excluding hydrogens is 352 g/mol. The number of nitriles is 1. The minimum absolute atomic E-state index is 0.465. The lowest BCUT2D eigenvalue weighted by atomic mass is 9.86. The predicted molar refractivity (Wildman–Crippen MR) is 108 cm³/mol. The van der Waals surface area contributed by atoms with Crippen LogP contribution in [0.25, 0.3) is 10.4 Å². The van der Waals surface area contributed by atoms with Crippen LogP contribution in [0.4, 0.5) is 0 Å². The molecule has 1 saturated heterocycles. The summed E-state index contributed by atoms with van der Waals surface area (Å²) in [6, 6.07) is 21.3. The van der Waals surface area contributed by atoms with E-state index >= 15 is 0 Å². The van der Waals surface area contributed by atoms with Gasteiger partial charge in [-0.25, -0.2) is 0 Å². The smallest absolute Gasteiger partial charge is 0.122 e. The summed E-state index contributed by atoms with van der Waals surface area (Å²) in [6.45, 7) is 3.82. The maximum atomic E-state index is 9.22. The quantitative estimate of drug-likeness (QED) is 0.656. The van der Waals surface area contributed by atoms with Gasteiger partial charge in [-0.1, -0.05) is 30.3 Å². The number of rotatable bonds is 3. The van der Waals surface area contributed by atoms with E-state index in [0.29, 0.717) is 11.8 Å². The molecule has 3 heterocycles. The normalized spacial score (nSPS) is 21.1. The van der Waals surface area contributed by atoms with Gasteiger partial charge in [0.2, 0.25) is 0 Å². The number of likely N-dealkylation sites (tertiary alicyclic amines) is 1. The van der Waals surface area contributed by atoms with Crippen LogP contribution in [0, 0.1) is 17.2 Å². The Hall–Kier alpha value is -2.61. The Morgan fingerprint density at radius 3 is 2.78 bits per heavy atom. The standard InChI is InChI=1S/C23H20N2OS/c24-11-17-5-8-22-20(10-17)21-14-25(13-19(21)15-26-22)12-16-3-6-18(7-4-16)23-2-1-9-27-23/h1-10,19,21H,12-15H2/t19-,21+/m1/s1. The molecule has 2 aromatic carbocycles. The van der Waals surface area contributed by atoms with Crippen molar-refractivity contribution in [2.24, 2.45) is 5.92 Å². The summed E-state index contributed by atoms with van der Waals surface area (Å²) in [4.78, 5) is 3.84. The van der Waals surface area contributed by atoms with Crippen molar-refractivity contribution >= 4 is 11.3 Å². The van der Waals surface area contributed by atoms with Gasteiger partial charge >= 0.3 is 0 Å². The van der Waals surface area contributed by atoms with E-state index in [4.69, 9.17) is 4.74 Å². The maximum Gasteiger partial charge on any atom is 0.122 e. The third-order valence-electron chi connectivity index (χ3n) is 5.67. The summed E-state index contributed by atoms with van der Waals surface area (Å²) in [7, 11) is 0. The Bertz CT molecular complexity index is 988. The van der Waals surface area contributed by atoms with Gasteiger partial charge in [0.25, 0.3) is 0 Å². The first-order chi connectivity index (χ1) is 13.3. The highest BCUT2D eigenvalue weighted by atomic mass is 32.1. The third kappa shape index (κ3) is 3.14. The Labute approximate surface area is 163 Å². The minimum Gasteiger partial charge on any atom is -0.493 e. The van der Waals surface area contributed by atoms with Gasteiger partial charge in [0.05, 0.1) is 18.2 Å². The number of fused-ring (bicyclic) bond motifs is 3. The van der Waals surface area contributed by atoms with Crippen LogP contribution in [-0.2, 0) is 6.54 Å². The van der Waals surface area contributed by atoms with Crippen LogP contribution < -0.4 is 4.74 Å². The topological polar surface area (TPSA) is 36.3 Å². The summed E-state index contributed by atoms with van der Waals surface area (Å²) < 4.78 is 5.96. The van der Waals surface area contributed by atoms with Crippen LogP contribution in [0.15, 0.2) is 60.0 Å². The average molecular weight is 372 g/mol. The zero-order valence-corrected chi connectivity index (χ0v) is 15.8. The molecule has 0 bridgehead atoms. The molecule has 0 saturated carbocycles. The fourth-order valence-corrected chi connectivity index (χ4v) is 5.06. The molecule has 4 heteroatoms. The van der Waals surface area contributed by atoms with E-state index in [0.717, 1.165) is 37.6 Å². The molecule has 3 nitrogen and oxygen atoms in total. The molecule has 0 N–H and O–H groups in total. The lowest BCUT2D eigenvalue weighted by molar-refractivity contribution is 0.212. The number of nitrogens with zero attached hydrogens (tertiary/aromatic N) is 2. The monoisotopic (exact) mass is 372 g/mol. The fraction of sp³-hybridized carbons (Fsp3) is 0.261. The predicted octanol–water partition coefficient (Wildman–Crippen LogP) is 4.89. The maximum absolute atomic E-state index is 9.22. The summed E-state index contributed by atoms with van der Waals surface area (Å²) in [5.74, 6) is 1.93. The molecule has 1 fully saturated rings. The van der Waals surface area contributed by atoms with E-state index in [1.54, 1.807) is 11.3 Å². The number of hydrogen-bond donors (Lipinski definition) is 0. The third-order valence-corrected chi connectivity index (χ3v) is 6.59. The summed E-state index contributed by atoms with van der Waals surface area (Å²) in [5.41, 5.74) is 4.57. The van der Waals surface area contributed by atoms with Gasteiger partial charge in [0, 0.05) is 41.9 Å². The van der Waals surface area contributed by atoms with E-state index in [1.807, 2.05) is 18.2 Å². The molecule has 0 unspecified atom stereocenters. The second kappa shape index (κ2) is 6.84. The van der Waals surface area contributed by atoms with Crippen LogP contribution >= 0.6 is 11.3 Å². The molecule has 0 spiro atoms. The van der Waals surface area contributed by atoms with E-state index < -0.39 is 0 Å². The van der Waals surface area contributed by atoms with Crippen LogP contribution in [0.3, 0.4) is 0 Å². The van der Waals surface area contributed by atoms with E-state index in [1.165, 1.54) is 21.6 Å². The van der Waals surface area contributed by atoms with E-state index in [2.05, 4.69) is 52.7 Å². The Balaban J connectivity index is 1.31. The molecule has 0 aliphatic carbocycles. The first-order valence-corrected chi connectivity index (χ1v) is 10.2. The van der Waals surface area contributed by atoms with Gasteiger partial charge in [-0.2, -0.15) is 5.26 Å². The number of thiophene rings is 1. The molecule has 2 aliphatic heterocycles. The number of ether oxygens (including phenoxy) is 1. The molecule has 1 aromatic heterocycles. The van der Waals surface area contributed by atoms with Crippen molar-refractivity contribution in [2.75, 3.05) is 19.7 Å². The second-order valence-corrected chi connectivity index (χ2v) is 8.36. The van der Waals surface area contributed by atoms with Crippen molar-refractivity contribution in [3.63, 3.8) is 0 Å². The Kier molecular flexibility index (Phi) is 4.20. The van der Waals surface area contributed by atoms with Gasteiger partial charge in [0.1, 0.15) is 5.75 Å². The second-order valence-electron chi connectivity index (χ2n) is 7.41. The lowest BCUT2D eigenvalue weighted by Gasteiger charge is -2.27. The molecule has 5 rings (SSSR count). The van der Waals surface area contributed by atoms with Crippen LogP contribution in [0.5, 0.6) is 5.75 Å². The molecule has 0 radical (unpaired) electrons. The fourth-order valence-electron chi connectivity index (χ4n) is 4.32. The minimum atomic E-state index is 0.465. The van der Waals surface area contributed by atoms with Crippen molar-refractivity contribution in [2.45, 2.75) is 12.5 Å². The van der Waals surface area contributed by atoms with Crippen molar-refractivity contribution in [1.82, 2.24) is 4.90 Å². The Morgan fingerprint density at radius 1 is 1.11 bits per heavy atom. The highest BCUT2D eigenvalue weighted by Crippen LogP contribution is 2.42. The zero-order chi connectivity index (χ0) is 18.2. The summed E-state index contributed by atoms with van der Waals surface area (Å²) in [6.07, 6.45) is 0. The number of hydrogen-bond acceptors (Lipinski definition) is 4. The first-order valence-electron chi connectivity index (χ1n) is 9.32. The highest BCUT2D eigenvalue weighted by Gasteiger charge is 2.38. The summed E-state index contributed by atoms with van der Waals surface area (Å²) in [5, 5.41) is 11.3. The summed E-state index contributed by atoms with van der Waals surface area (Å²) >= 11 is 1.78. The van der Waals surface area contributed by atoms with Crippen molar-refractivity contribution in [3.05, 3.63) is 76.7 Å². The number of benzene rings is 2. The molecule has 27 heavy (non-hydrogen) atoms. The van der Waals surface area contributed by atoms with Gasteiger partial charge < -0.3 is 4.74 Å². The lowest BCUT2D eigenvalue weighted by Crippen LogP contribution is -2.25. The molecular formula is C23H20N2OS. The van der Waals surface area contributed by atoms with Crippen LogP contribution in [0.2, 0.25) is 0 Å². The zero-order valence-electron chi connectivity index (χ0n) is 15.0. The van der Waals surface area contributed by atoms with E-state index in [9.17, 15) is 5.26 Å². The van der Waals surface area contributed by atoms with Gasteiger partial charge in [0.15, 0.2) is 0 Å². The molecule has 3 aromatic rings. The van der Waals surface area contributed by atoms with E-state index in [-0.39, 0.29) is 0 Å². The SMILES string of the molecule is N#Cc1ccc2c(c1)[C@H]1CN(Cc3ccc(-c4cccs4)cc3)C[C@@H]1CO2. The van der Waals surface area contributed by atoms with Crippen LogP contribution in [-0.4, -0.2) is 24.6 Å². The molecule has 2 aliphatic rings. The first kappa shape index (κ1) is 16.6. The van der Waals surface area contributed by atoms with Gasteiger partial charge in [-0.05, 0) is 40.8 Å². The van der Waals surface area contributed by atoms with Gasteiger partial charge in [-0.15, -0.1) is 11.3 Å². The average Bonchev–Trinajstić information content (AvgIpc) is 3.38. The highest BCUT2D eigenvalue weighted by molar-refractivity contribution is 7.13. The molecule has 2 atom stereocenters. The largest absolute Gasteiger partial charge is 0.493 e. The van der Waals surface area contributed by atoms with Crippen molar-refractivity contribution in [1.29, 1.82) is 5.26 Å². The van der Waals surface area contributed by atoms with Crippen molar-refractivity contribution in [3.8, 4) is 22.3 Å². The van der Waals surface area contributed by atoms with Crippen molar-refractivity contribution < 1.29 is 4.74 Å². The van der Waals surface area contributed by atoms with Crippen LogP contribution in [0.1, 0.15) is 22.6 Å².